The summed E-state index contributed by atoms with van der Waals surface area (Å²) in [4.78, 5) is 0. The van der Waals surface area contributed by atoms with Crippen LogP contribution < -0.4 is 5.73 Å². The SMILES string of the molecule is Cc1cccc(C(F)C(=N)N)c1. The predicted octanol–water partition coefficient (Wildman–Crippen LogP) is 1.94. The second-order valence-corrected chi connectivity index (χ2v) is 2.73. The van der Waals surface area contributed by atoms with Crippen LogP contribution in [0.3, 0.4) is 0 Å². The highest BCUT2D eigenvalue weighted by Crippen LogP contribution is 2.17. The predicted molar refractivity (Wildman–Crippen MR) is 46.9 cm³/mol. The summed E-state index contributed by atoms with van der Waals surface area (Å²) in [5.74, 6) is -0.444. The quantitative estimate of drug-likeness (QED) is 0.512. The summed E-state index contributed by atoms with van der Waals surface area (Å²) in [6, 6.07) is 6.93. The van der Waals surface area contributed by atoms with Crippen molar-refractivity contribution in [3.8, 4) is 0 Å². The summed E-state index contributed by atoms with van der Waals surface area (Å²) in [5.41, 5.74) is 6.44. The zero-order valence-electron chi connectivity index (χ0n) is 6.84. The van der Waals surface area contributed by atoms with Gasteiger partial charge in [0.25, 0.3) is 0 Å². The fourth-order valence-electron chi connectivity index (χ4n) is 1.01. The van der Waals surface area contributed by atoms with Gasteiger partial charge in [0, 0.05) is 0 Å². The smallest absolute Gasteiger partial charge is 0.181 e. The Balaban J connectivity index is 2.95. The van der Waals surface area contributed by atoms with Crippen molar-refractivity contribution in [3.63, 3.8) is 0 Å². The van der Waals surface area contributed by atoms with Crippen LogP contribution in [0.5, 0.6) is 0 Å². The van der Waals surface area contributed by atoms with Crippen LogP contribution in [0.4, 0.5) is 4.39 Å². The summed E-state index contributed by atoms with van der Waals surface area (Å²) in [6.07, 6.45) is -1.47. The molecule has 12 heavy (non-hydrogen) atoms. The topological polar surface area (TPSA) is 49.9 Å². The highest BCUT2D eigenvalue weighted by Gasteiger charge is 2.11. The summed E-state index contributed by atoms with van der Waals surface area (Å²) in [7, 11) is 0. The van der Waals surface area contributed by atoms with Crippen LogP contribution >= 0.6 is 0 Å². The first-order valence-electron chi connectivity index (χ1n) is 3.66. The van der Waals surface area contributed by atoms with E-state index in [1.165, 1.54) is 0 Å². The average molecular weight is 166 g/mol. The minimum absolute atomic E-state index is 0.444. The Bertz CT molecular complexity index is 296. The second kappa shape index (κ2) is 3.34. The number of nitrogens with one attached hydrogen (secondary N) is 1. The van der Waals surface area contributed by atoms with Gasteiger partial charge in [-0.2, -0.15) is 0 Å². The highest BCUT2D eigenvalue weighted by molar-refractivity contribution is 5.82. The Labute approximate surface area is 70.7 Å². The number of aryl methyl sites for hydroxylation is 1. The van der Waals surface area contributed by atoms with Gasteiger partial charge in [-0.15, -0.1) is 0 Å². The molecule has 0 aliphatic heterocycles. The summed E-state index contributed by atoms with van der Waals surface area (Å²) < 4.78 is 13.1. The van der Waals surface area contributed by atoms with E-state index in [1.807, 2.05) is 13.0 Å². The Morgan fingerprint density at radius 3 is 2.75 bits per heavy atom. The molecular formula is C9H11FN2. The third kappa shape index (κ3) is 1.81. The number of halogens is 1. The lowest BCUT2D eigenvalue weighted by atomic mass is 10.1. The molecule has 2 nitrogen and oxygen atoms in total. The first-order chi connectivity index (χ1) is 5.61. The van der Waals surface area contributed by atoms with Crippen molar-refractivity contribution in [2.75, 3.05) is 0 Å². The molecule has 1 atom stereocenters. The lowest BCUT2D eigenvalue weighted by Gasteiger charge is -2.06. The van der Waals surface area contributed by atoms with E-state index >= 15 is 0 Å². The first kappa shape index (κ1) is 8.71. The average Bonchev–Trinajstić information content (AvgIpc) is 2.03. The van der Waals surface area contributed by atoms with E-state index in [2.05, 4.69) is 0 Å². The molecule has 0 bridgehead atoms. The van der Waals surface area contributed by atoms with E-state index in [1.54, 1.807) is 18.2 Å². The number of alkyl halides is 1. The summed E-state index contributed by atoms with van der Waals surface area (Å²) in [6.45, 7) is 1.87. The molecule has 0 fully saturated rings. The van der Waals surface area contributed by atoms with Gasteiger partial charge in [0.05, 0.1) is 0 Å². The Kier molecular flexibility index (Phi) is 2.43. The van der Waals surface area contributed by atoms with Crippen molar-refractivity contribution < 1.29 is 4.39 Å². The third-order valence-corrected chi connectivity index (χ3v) is 1.61. The molecule has 0 saturated heterocycles. The Morgan fingerprint density at radius 2 is 2.25 bits per heavy atom. The van der Waals surface area contributed by atoms with E-state index in [4.69, 9.17) is 11.1 Å². The zero-order valence-corrected chi connectivity index (χ0v) is 6.84. The maximum atomic E-state index is 13.1. The molecular weight excluding hydrogens is 155 g/mol. The molecule has 0 aromatic heterocycles. The molecule has 3 N–H and O–H groups in total. The number of hydrogen-bond acceptors (Lipinski definition) is 1. The monoisotopic (exact) mass is 166 g/mol. The highest BCUT2D eigenvalue weighted by atomic mass is 19.1. The Morgan fingerprint density at radius 1 is 1.58 bits per heavy atom. The van der Waals surface area contributed by atoms with Gasteiger partial charge in [-0.05, 0) is 12.5 Å². The molecule has 3 heteroatoms. The number of benzene rings is 1. The van der Waals surface area contributed by atoms with E-state index in [0.29, 0.717) is 5.56 Å². The number of hydrogen-bond donors (Lipinski definition) is 2. The van der Waals surface area contributed by atoms with Crippen LogP contribution in [0.25, 0.3) is 0 Å². The van der Waals surface area contributed by atoms with Crippen LogP contribution in [0.15, 0.2) is 24.3 Å². The van der Waals surface area contributed by atoms with Crippen LogP contribution in [0, 0.1) is 12.3 Å². The van der Waals surface area contributed by atoms with Crippen LogP contribution in [-0.2, 0) is 0 Å². The lowest BCUT2D eigenvalue weighted by Crippen LogP contribution is -2.16. The lowest BCUT2D eigenvalue weighted by molar-refractivity contribution is 0.435. The van der Waals surface area contributed by atoms with E-state index in [9.17, 15) is 4.39 Å². The molecule has 0 aliphatic rings. The van der Waals surface area contributed by atoms with Crippen molar-refractivity contribution in [2.45, 2.75) is 13.1 Å². The van der Waals surface area contributed by atoms with Gasteiger partial charge in [0.15, 0.2) is 6.17 Å². The molecule has 0 aliphatic carbocycles. The zero-order chi connectivity index (χ0) is 9.14. The fraction of sp³-hybridized carbons (Fsp3) is 0.222. The van der Waals surface area contributed by atoms with E-state index in [-0.39, 0.29) is 0 Å². The minimum Gasteiger partial charge on any atom is -0.385 e. The van der Waals surface area contributed by atoms with Gasteiger partial charge in [0.2, 0.25) is 0 Å². The van der Waals surface area contributed by atoms with E-state index in [0.717, 1.165) is 5.56 Å². The van der Waals surface area contributed by atoms with Gasteiger partial charge < -0.3 is 5.73 Å². The molecule has 0 saturated carbocycles. The normalized spacial score (nSPS) is 12.5. The van der Waals surface area contributed by atoms with Gasteiger partial charge in [0.1, 0.15) is 5.84 Å². The maximum Gasteiger partial charge on any atom is 0.181 e. The third-order valence-electron chi connectivity index (χ3n) is 1.61. The molecule has 0 spiro atoms. The van der Waals surface area contributed by atoms with Gasteiger partial charge >= 0.3 is 0 Å². The van der Waals surface area contributed by atoms with Crippen molar-refractivity contribution in [1.82, 2.24) is 0 Å². The molecule has 1 unspecified atom stereocenters. The largest absolute Gasteiger partial charge is 0.385 e. The summed E-state index contributed by atoms with van der Waals surface area (Å²) >= 11 is 0. The molecule has 64 valence electrons. The first-order valence-corrected chi connectivity index (χ1v) is 3.66. The molecule has 0 amide bonds. The van der Waals surface area contributed by atoms with Gasteiger partial charge in [-0.1, -0.05) is 29.8 Å². The van der Waals surface area contributed by atoms with Crippen molar-refractivity contribution in [3.05, 3.63) is 35.4 Å². The summed E-state index contributed by atoms with van der Waals surface area (Å²) in [5, 5.41) is 6.91. The molecule has 0 radical (unpaired) electrons. The standard InChI is InChI=1S/C9H11FN2/c1-6-3-2-4-7(5-6)8(10)9(11)12/h2-5,8H,1H3,(H3,11,12). The fourth-order valence-corrected chi connectivity index (χ4v) is 1.01. The Hall–Kier alpha value is -1.38. The molecule has 1 aromatic carbocycles. The maximum absolute atomic E-state index is 13.1. The van der Waals surface area contributed by atoms with Crippen molar-refractivity contribution >= 4 is 5.84 Å². The number of amidine groups is 1. The van der Waals surface area contributed by atoms with Crippen LogP contribution in [0.1, 0.15) is 17.3 Å². The van der Waals surface area contributed by atoms with Crippen molar-refractivity contribution in [1.29, 1.82) is 5.41 Å². The second-order valence-electron chi connectivity index (χ2n) is 2.73. The van der Waals surface area contributed by atoms with Gasteiger partial charge in [-0.25, -0.2) is 4.39 Å². The van der Waals surface area contributed by atoms with Crippen molar-refractivity contribution in [2.24, 2.45) is 5.73 Å². The number of nitrogens with two attached hydrogens (primary N) is 1. The molecule has 1 aromatic rings. The minimum atomic E-state index is -1.47. The van der Waals surface area contributed by atoms with E-state index < -0.39 is 12.0 Å². The van der Waals surface area contributed by atoms with Crippen LogP contribution in [-0.4, -0.2) is 5.84 Å². The molecule has 1 rings (SSSR count). The van der Waals surface area contributed by atoms with Gasteiger partial charge in [-0.3, -0.25) is 5.41 Å². The number of rotatable bonds is 2. The molecule has 0 heterocycles. The van der Waals surface area contributed by atoms with Crippen LogP contribution in [0.2, 0.25) is 0 Å².